The average Bonchev–Trinajstić information content (AvgIpc) is 3.20. The molecule has 138 valence electrons. The third-order valence-electron chi connectivity index (χ3n) is 4.20. The number of Topliss-reactive ketones (excluding diaryl/α,β-unsaturated/α-hetero) is 1. The summed E-state index contributed by atoms with van der Waals surface area (Å²) in [5.74, 6) is -0.583. The Morgan fingerprint density at radius 2 is 2.07 bits per heavy atom. The number of hydrogen-bond acceptors (Lipinski definition) is 5. The predicted molar refractivity (Wildman–Crippen MR) is 102 cm³/mol. The molecule has 0 radical (unpaired) electrons. The summed E-state index contributed by atoms with van der Waals surface area (Å²) in [6.07, 6.45) is 4.38. The number of oxazole rings is 1. The number of nitrogens with zero attached hydrogens (tertiary/aromatic N) is 2. The number of para-hydroxylation sites is 2. The van der Waals surface area contributed by atoms with Gasteiger partial charge in [0.1, 0.15) is 5.52 Å². The SMILES string of the molecule is C=CCn1c(C)cc(C(=O)COC(=O)/C=C/c2nc3ccccc3o2)c1C. The number of ketones is 1. The molecule has 0 spiro atoms. The van der Waals surface area contributed by atoms with E-state index in [1.807, 2.05) is 36.6 Å². The normalized spacial score (nSPS) is 11.2. The molecule has 27 heavy (non-hydrogen) atoms. The number of hydrogen-bond donors (Lipinski definition) is 0. The van der Waals surface area contributed by atoms with Gasteiger partial charge in [-0.1, -0.05) is 18.2 Å². The van der Waals surface area contributed by atoms with E-state index in [1.54, 1.807) is 18.2 Å². The molecule has 0 saturated carbocycles. The fourth-order valence-corrected chi connectivity index (χ4v) is 2.86. The van der Waals surface area contributed by atoms with E-state index in [-0.39, 0.29) is 12.4 Å². The zero-order valence-electron chi connectivity index (χ0n) is 15.3. The van der Waals surface area contributed by atoms with Crippen LogP contribution in [0.4, 0.5) is 0 Å². The fraction of sp³-hybridized carbons (Fsp3) is 0.190. The summed E-state index contributed by atoms with van der Waals surface area (Å²) in [7, 11) is 0. The molecule has 0 atom stereocenters. The molecular formula is C21H20N2O4. The Balaban J connectivity index is 1.61. The van der Waals surface area contributed by atoms with Crippen molar-refractivity contribution in [2.45, 2.75) is 20.4 Å². The number of esters is 1. The maximum Gasteiger partial charge on any atom is 0.331 e. The van der Waals surface area contributed by atoms with Crippen molar-refractivity contribution in [2.75, 3.05) is 6.61 Å². The summed E-state index contributed by atoms with van der Waals surface area (Å²) >= 11 is 0. The second kappa shape index (κ2) is 7.86. The number of carbonyl (C=O) groups is 2. The van der Waals surface area contributed by atoms with Gasteiger partial charge in [0.2, 0.25) is 11.7 Å². The molecule has 0 unspecified atom stereocenters. The van der Waals surface area contributed by atoms with E-state index < -0.39 is 5.97 Å². The van der Waals surface area contributed by atoms with Gasteiger partial charge in [-0.2, -0.15) is 0 Å². The Bertz CT molecular complexity index is 1010. The second-order valence-electron chi connectivity index (χ2n) is 6.07. The molecule has 0 aliphatic heterocycles. The van der Waals surface area contributed by atoms with Gasteiger partial charge < -0.3 is 13.7 Å². The van der Waals surface area contributed by atoms with Crippen LogP contribution in [0.25, 0.3) is 17.2 Å². The Labute approximate surface area is 156 Å². The number of carbonyl (C=O) groups excluding carboxylic acids is 2. The summed E-state index contributed by atoms with van der Waals surface area (Å²) in [6.45, 7) is 7.79. The molecule has 3 rings (SSSR count). The van der Waals surface area contributed by atoms with Crippen molar-refractivity contribution in [3.05, 3.63) is 71.9 Å². The van der Waals surface area contributed by atoms with Crippen molar-refractivity contribution in [1.29, 1.82) is 0 Å². The minimum atomic E-state index is -0.634. The van der Waals surface area contributed by atoms with Crippen molar-refractivity contribution >= 4 is 28.9 Å². The third kappa shape index (κ3) is 4.06. The molecule has 0 aliphatic rings. The van der Waals surface area contributed by atoms with Crippen LogP contribution in [-0.4, -0.2) is 27.9 Å². The van der Waals surface area contributed by atoms with Crippen LogP contribution in [0, 0.1) is 13.8 Å². The summed E-state index contributed by atoms with van der Waals surface area (Å²) in [6, 6.07) is 9.09. The first-order chi connectivity index (χ1) is 13.0. The molecule has 0 amide bonds. The minimum Gasteiger partial charge on any atom is -0.454 e. The number of allylic oxidation sites excluding steroid dienone is 1. The summed E-state index contributed by atoms with van der Waals surface area (Å²) in [4.78, 5) is 28.5. The highest BCUT2D eigenvalue weighted by molar-refractivity contribution is 6.00. The van der Waals surface area contributed by atoms with Gasteiger partial charge in [0, 0.05) is 35.6 Å². The molecule has 3 aromatic rings. The number of aromatic nitrogens is 2. The smallest absolute Gasteiger partial charge is 0.331 e. The van der Waals surface area contributed by atoms with Crippen molar-refractivity contribution in [3.8, 4) is 0 Å². The molecule has 2 aromatic heterocycles. The maximum atomic E-state index is 12.4. The third-order valence-corrected chi connectivity index (χ3v) is 4.20. The lowest BCUT2D eigenvalue weighted by molar-refractivity contribution is -0.136. The molecule has 0 aliphatic carbocycles. The highest BCUT2D eigenvalue weighted by Gasteiger charge is 2.16. The van der Waals surface area contributed by atoms with Gasteiger partial charge in [-0.05, 0) is 32.0 Å². The topological polar surface area (TPSA) is 74.3 Å². The Morgan fingerprint density at radius 1 is 1.30 bits per heavy atom. The Hall–Kier alpha value is -3.41. The van der Waals surface area contributed by atoms with Crippen LogP contribution < -0.4 is 0 Å². The average molecular weight is 364 g/mol. The number of rotatable bonds is 7. The van der Waals surface area contributed by atoms with E-state index in [1.165, 1.54) is 12.2 Å². The molecule has 0 fully saturated rings. The fourth-order valence-electron chi connectivity index (χ4n) is 2.86. The molecule has 0 bridgehead atoms. The highest BCUT2D eigenvalue weighted by Crippen LogP contribution is 2.17. The zero-order valence-corrected chi connectivity index (χ0v) is 15.3. The lowest BCUT2D eigenvalue weighted by Gasteiger charge is -2.06. The number of benzene rings is 1. The van der Waals surface area contributed by atoms with Gasteiger partial charge in [-0.25, -0.2) is 9.78 Å². The van der Waals surface area contributed by atoms with E-state index in [4.69, 9.17) is 9.15 Å². The lowest BCUT2D eigenvalue weighted by Crippen LogP contribution is -2.13. The van der Waals surface area contributed by atoms with Crippen LogP contribution >= 0.6 is 0 Å². The quantitative estimate of drug-likeness (QED) is 0.275. The van der Waals surface area contributed by atoms with E-state index in [9.17, 15) is 9.59 Å². The van der Waals surface area contributed by atoms with Gasteiger partial charge in [-0.15, -0.1) is 6.58 Å². The lowest BCUT2D eigenvalue weighted by atomic mass is 10.1. The van der Waals surface area contributed by atoms with Gasteiger partial charge in [-0.3, -0.25) is 4.79 Å². The van der Waals surface area contributed by atoms with Gasteiger partial charge in [0.15, 0.2) is 12.2 Å². The van der Waals surface area contributed by atoms with Crippen molar-refractivity contribution in [3.63, 3.8) is 0 Å². The standard InChI is InChI=1S/C21H20N2O4/c1-4-11-23-14(2)12-16(15(23)3)18(24)13-26-21(25)10-9-20-22-17-7-5-6-8-19(17)27-20/h4-10,12H,1,11,13H2,2-3H3/b10-9+. The predicted octanol–water partition coefficient (Wildman–Crippen LogP) is 3.87. The highest BCUT2D eigenvalue weighted by atomic mass is 16.5. The van der Waals surface area contributed by atoms with E-state index in [2.05, 4.69) is 11.6 Å². The van der Waals surface area contributed by atoms with Crippen LogP contribution in [0.5, 0.6) is 0 Å². The van der Waals surface area contributed by atoms with Crippen LogP contribution in [0.15, 0.2) is 53.5 Å². The molecule has 0 saturated heterocycles. The van der Waals surface area contributed by atoms with E-state index in [0.717, 1.165) is 11.4 Å². The van der Waals surface area contributed by atoms with E-state index >= 15 is 0 Å². The van der Waals surface area contributed by atoms with Crippen molar-refractivity contribution in [1.82, 2.24) is 9.55 Å². The molecular weight excluding hydrogens is 344 g/mol. The number of aryl methyl sites for hydroxylation is 1. The summed E-state index contributed by atoms with van der Waals surface area (Å²) < 4.78 is 12.5. The molecule has 1 aromatic carbocycles. The summed E-state index contributed by atoms with van der Waals surface area (Å²) in [5.41, 5.74) is 3.67. The van der Waals surface area contributed by atoms with Crippen LogP contribution in [-0.2, 0) is 16.1 Å². The second-order valence-corrected chi connectivity index (χ2v) is 6.07. The Morgan fingerprint density at radius 3 is 2.81 bits per heavy atom. The monoisotopic (exact) mass is 364 g/mol. The van der Waals surface area contributed by atoms with E-state index in [0.29, 0.717) is 29.1 Å². The van der Waals surface area contributed by atoms with Crippen LogP contribution in [0.2, 0.25) is 0 Å². The maximum absolute atomic E-state index is 12.4. The Kier molecular flexibility index (Phi) is 5.35. The van der Waals surface area contributed by atoms with Gasteiger partial charge >= 0.3 is 5.97 Å². The molecule has 6 heteroatoms. The number of ether oxygens (including phenoxy) is 1. The number of fused-ring (bicyclic) bond motifs is 1. The zero-order chi connectivity index (χ0) is 19.4. The van der Waals surface area contributed by atoms with Gasteiger partial charge in [0.05, 0.1) is 0 Å². The largest absolute Gasteiger partial charge is 0.454 e. The molecule has 0 N–H and O–H groups in total. The first-order valence-corrected chi connectivity index (χ1v) is 8.51. The first kappa shape index (κ1) is 18.4. The molecule has 2 heterocycles. The van der Waals surface area contributed by atoms with Crippen molar-refractivity contribution < 1.29 is 18.7 Å². The first-order valence-electron chi connectivity index (χ1n) is 8.51. The van der Waals surface area contributed by atoms with Gasteiger partial charge in [0.25, 0.3) is 0 Å². The van der Waals surface area contributed by atoms with Crippen molar-refractivity contribution in [2.24, 2.45) is 0 Å². The minimum absolute atomic E-state index is 0.248. The van der Waals surface area contributed by atoms with Crippen LogP contribution in [0.1, 0.15) is 27.6 Å². The summed E-state index contributed by atoms with van der Waals surface area (Å²) in [5, 5.41) is 0. The molecule has 6 nitrogen and oxygen atoms in total. The van der Waals surface area contributed by atoms with Crippen LogP contribution in [0.3, 0.4) is 0 Å².